The molecule has 1 saturated heterocycles. The van der Waals surface area contributed by atoms with Crippen molar-refractivity contribution in [2.24, 2.45) is 0 Å². The van der Waals surface area contributed by atoms with Crippen molar-refractivity contribution in [1.29, 1.82) is 0 Å². The summed E-state index contributed by atoms with van der Waals surface area (Å²) in [5, 5.41) is 3.52. The van der Waals surface area contributed by atoms with E-state index < -0.39 is 0 Å². The minimum atomic E-state index is 0.835. The molecule has 2 aromatic carbocycles. The average Bonchev–Trinajstić information content (AvgIpc) is 3.28. The predicted octanol–water partition coefficient (Wildman–Crippen LogP) is 5.20. The minimum absolute atomic E-state index is 0.835. The van der Waals surface area contributed by atoms with Gasteiger partial charge >= 0.3 is 0 Å². The molecule has 2 aromatic rings. The highest BCUT2D eigenvalue weighted by Crippen LogP contribution is 2.20. The highest BCUT2D eigenvalue weighted by Gasteiger charge is 2.11. The molecule has 0 spiro atoms. The normalized spacial score (nSPS) is 13.9. The Hall–Kier alpha value is -1.84. The van der Waals surface area contributed by atoms with E-state index in [4.69, 9.17) is 4.74 Å². The van der Waals surface area contributed by atoms with Crippen molar-refractivity contribution in [2.45, 2.75) is 51.5 Å². The van der Waals surface area contributed by atoms with E-state index in [0.717, 1.165) is 32.7 Å². The van der Waals surface area contributed by atoms with Gasteiger partial charge in [0.2, 0.25) is 0 Å². The Labute approximate surface area is 171 Å². The second-order valence-corrected chi connectivity index (χ2v) is 7.80. The summed E-state index contributed by atoms with van der Waals surface area (Å²) in [6.07, 6.45) is 8.65. The third kappa shape index (κ3) is 7.65. The summed E-state index contributed by atoms with van der Waals surface area (Å²) in [6, 6.07) is 19.7. The van der Waals surface area contributed by atoms with Crippen LogP contribution >= 0.6 is 0 Å². The highest BCUT2D eigenvalue weighted by molar-refractivity contribution is 5.48. The lowest BCUT2D eigenvalue weighted by Crippen LogP contribution is -2.17. The molecule has 1 N–H and O–H groups in total. The molecule has 0 saturated carbocycles. The second kappa shape index (κ2) is 12.6. The predicted molar refractivity (Wildman–Crippen MR) is 119 cm³/mol. The number of nitrogens with one attached hydrogen (secondary N) is 1. The molecule has 3 heteroatoms. The van der Waals surface area contributed by atoms with Crippen LogP contribution in [-0.2, 0) is 17.7 Å². The molecule has 152 valence electrons. The molecule has 0 radical (unpaired) electrons. The molecule has 0 amide bonds. The van der Waals surface area contributed by atoms with Gasteiger partial charge in [0.15, 0.2) is 0 Å². The molecule has 0 unspecified atom stereocenters. The molecule has 1 heterocycles. The van der Waals surface area contributed by atoms with Gasteiger partial charge in [0.1, 0.15) is 0 Å². The van der Waals surface area contributed by atoms with Crippen LogP contribution in [0.5, 0.6) is 0 Å². The first-order chi connectivity index (χ1) is 13.9. The van der Waals surface area contributed by atoms with Crippen LogP contribution in [0.25, 0.3) is 0 Å². The smallest absolute Gasteiger partial charge is 0.0506 e. The van der Waals surface area contributed by atoms with Crippen molar-refractivity contribution in [3.63, 3.8) is 0 Å². The van der Waals surface area contributed by atoms with Gasteiger partial charge in [-0.2, -0.15) is 0 Å². The van der Waals surface area contributed by atoms with Gasteiger partial charge in [0.25, 0.3) is 0 Å². The maximum Gasteiger partial charge on any atom is 0.0506 e. The quantitative estimate of drug-likeness (QED) is 0.484. The monoisotopic (exact) mass is 380 g/mol. The molecule has 1 aliphatic heterocycles. The minimum Gasteiger partial charge on any atom is -0.381 e. The zero-order chi connectivity index (χ0) is 19.3. The second-order valence-electron chi connectivity index (χ2n) is 7.80. The third-order valence-corrected chi connectivity index (χ3v) is 5.51. The van der Waals surface area contributed by atoms with E-state index in [9.17, 15) is 0 Å². The Bertz CT molecular complexity index is 635. The van der Waals surface area contributed by atoms with Crippen LogP contribution in [0.1, 0.15) is 49.7 Å². The molecule has 3 nitrogen and oxygen atoms in total. The van der Waals surface area contributed by atoms with Crippen molar-refractivity contribution >= 4 is 5.69 Å². The molecular weight excluding hydrogens is 344 g/mol. The molecular formula is C25H36N2O. The summed E-state index contributed by atoms with van der Waals surface area (Å²) in [5.41, 5.74) is 4.12. The lowest BCUT2D eigenvalue weighted by molar-refractivity contribution is 0.133. The Kier molecular flexibility index (Phi) is 9.39. The number of nitrogens with zero attached hydrogens (tertiary/aromatic N) is 1. The molecule has 1 fully saturated rings. The summed E-state index contributed by atoms with van der Waals surface area (Å²) in [6.45, 7) is 6.23. The van der Waals surface area contributed by atoms with Crippen molar-refractivity contribution < 1.29 is 4.74 Å². The third-order valence-electron chi connectivity index (χ3n) is 5.51. The first-order valence-electron chi connectivity index (χ1n) is 11.1. The molecule has 0 bridgehead atoms. The van der Waals surface area contributed by atoms with E-state index in [1.165, 1.54) is 68.4 Å². The molecule has 0 aliphatic carbocycles. The van der Waals surface area contributed by atoms with Gasteiger partial charge in [-0.05, 0) is 61.9 Å². The van der Waals surface area contributed by atoms with E-state index in [2.05, 4.69) is 64.8 Å². The van der Waals surface area contributed by atoms with Crippen molar-refractivity contribution in [3.8, 4) is 0 Å². The maximum atomic E-state index is 5.83. The summed E-state index contributed by atoms with van der Waals surface area (Å²) in [5.74, 6) is 0. The largest absolute Gasteiger partial charge is 0.381 e. The standard InChI is InChI=1S/C25H36N2O/c1(6-17-26-22-24-10-4-3-5-11-24)2-9-20-28-21-16-23-12-14-25(15-13-23)27-18-7-8-19-27/h3-5,10-15,26H,1-2,6-9,16-22H2. The summed E-state index contributed by atoms with van der Waals surface area (Å²) in [4.78, 5) is 2.48. The van der Waals surface area contributed by atoms with Crippen LogP contribution in [0.15, 0.2) is 54.6 Å². The van der Waals surface area contributed by atoms with Gasteiger partial charge in [0.05, 0.1) is 6.61 Å². The number of ether oxygens (including phenoxy) is 1. The maximum absolute atomic E-state index is 5.83. The summed E-state index contributed by atoms with van der Waals surface area (Å²) < 4.78 is 5.83. The Morgan fingerprint density at radius 2 is 1.50 bits per heavy atom. The van der Waals surface area contributed by atoms with Gasteiger partial charge in [-0.15, -0.1) is 0 Å². The topological polar surface area (TPSA) is 24.5 Å². The number of anilines is 1. The van der Waals surface area contributed by atoms with Crippen LogP contribution in [0.4, 0.5) is 5.69 Å². The number of rotatable bonds is 13. The SMILES string of the molecule is c1ccc(CNCCCCCCOCCc2ccc(N3CCCC3)cc2)cc1. The number of benzene rings is 2. The van der Waals surface area contributed by atoms with Crippen LogP contribution in [0, 0.1) is 0 Å². The van der Waals surface area contributed by atoms with Gasteiger partial charge in [-0.1, -0.05) is 55.3 Å². The van der Waals surface area contributed by atoms with E-state index >= 15 is 0 Å². The first-order valence-corrected chi connectivity index (χ1v) is 11.1. The molecule has 3 rings (SSSR count). The van der Waals surface area contributed by atoms with E-state index in [1.54, 1.807) is 0 Å². The summed E-state index contributed by atoms with van der Waals surface area (Å²) in [7, 11) is 0. The molecule has 28 heavy (non-hydrogen) atoms. The number of hydrogen-bond donors (Lipinski definition) is 1. The van der Waals surface area contributed by atoms with Crippen LogP contribution < -0.4 is 10.2 Å². The van der Waals surface area contributed by atoms with E-state index in [1.807, 2.05) is 0 Å². The van der Waals surface area contributed by atoms with Gasteiger partial charge in [0, 0.05) is 31.9 Å². The zero-order valence-electron chi connectivity index (χ0n) is 17.2. The molecule has 1 aliphatic rings. The first kappa shape index (κ1) is 20.9. The number of unbranched alkanes of at least 4 members (excludes halogenated alkanes) is 3. The lowest BCUT2D eigenvalue weighted by Gasteiger charge is -2.17. The van der Waals surface area contributed by atoms with Crippen LogP contribution in [0.3, 0.4) is 0 Å². The van der Waals surface area contributed by atoms with Crippen molar-refractivity contribution in [3.05, 3.63) is 65.7 Å². The van der Waals surface area contributed by atoms with Crippen molar-refractivity contribution in [2.75, 3.05) is 37.7 Å². The van der Waals surface area contributed by atoms with Crippen LogP contribution in [-0.4, -0.2) is 32.8 Å². The van der Waals surface area contributed by atoms with Crippen molar-refractivity contribution in [1.82, 2.24) is 5.32 Å². The number of hydrogen-bond acceptors (Lipinski definition) is 3. The van der Waals surface area contributed by atoms with E-state index in [0.29, 0.717) is 0 Å². The fourth-order valence-electron chi connectivity index (χ4n) is 3.78. The Morgan fingerprint density at radius 3 is 2.29 bits per heavy atom. The van der Waals surface area contributed by atoms with Crippen LogP contribution in [0.2, 0.25) is 0 Å². The van der Waals surface area contributed by atoms with Gasteiger partial charge in [-0.3, -0.25) is 0 Å². The fraction of sp³-hybridized carbons (Fsp3) is 0.520. The summed E-state index contributed by atoms with van der Waals surface area (Å²) >= 11 is 0. The average molecular weight is 381 g/mol. The highest BCUT2D eigenvalue weighted by atomic mass is 16.5. The molecule has 0 atom stereocenters. The van der Waals surface area contributed by atoms with E-state index in [-0.39, 0.29) is 0 Å². The Morgan fingerprint density at radius 1 is 0.750 bits per heavy atom. The lowest BCUT2D eigenvalue weighted by atomic mass is 10.1. The molecule has 0 aromatic heterocycles. The fourth-order valence-corrected chi connectivity index (χ4v) is 3.78. The van der Waals surface area contributed by atoms with Gasteiger partial charge < -0.3 is 15.0 Å². The van der Waals surface area contributed by atoms with Gasteiger partial charge in [-0.25, -0.2) is 0 Å². The Balaban J connectivity index is 1.13. The zero-order valence-corrected chi connectivity index (χ0v) is 17.2.